The van der Waals surface area contributed by atoms with Gasteiger partial charge in [0.1, 0.15) is 0 Å². The second-order valence-electron chi connectivity index (χ2n) is 4.96. The zero-order valence-electron chi connectivity index (χ0n) is 11.8. The molecule has 1 aromatic heterocycles. The van der Waals surface area contributed by atoms with Crippen molar-refractivity contribution in [3.8, 4) is 11.5 Å². The van der Waals surface area contributed by atoms with E-state index in [-0.39, 0.29) is 6.04 Å². The predicted molar refractivity (Wildman–Crippen MR) is 71.5 cm³/mol. The maximum Gasteiger partial charge on any atom is 0.243 e. The van der Waals surface area contributed by atoms with Crippen molar-refractivity contribution in [2.24, 2.45) is 0 Å². The highest BCUT2D eigenvalue weighted by atomic mass is 16.7. The summed E-state index contributed by atoms with van der Waals surface area (Å²) >= 11 is 0. The summed E-state index contributed by atoms with van der Waals surface area (Å²) in [5.41, 5.74) is 1.15. The highest BCUT2D eigenvalue weighted by Gasteiger charge is 2.19. The normalized spacial score (nSPS) is 14.8. The largest absolute Gasteiger partial charge is 0.454 e. The molecule has 1 atom stereocenters. The molecule has 0 saturated carbocycles. The minimum atomic E-state index is 0.0571. The zero-order chi connectivity index (χ0) is 14.1. The Balaban J connectivity index is 1.70. The second-order valence-corrected chi connectivity index (χ2v) is 4.96. The van der Waals surface area contributed by atoms with Gasteiger partial charge in [-0.05, 0) is 38.6 Å². The minimum absolute atomic E-state index is 0.0571. The fourth-order valence-corrected chi connectivity index (χ4v) is 2.14. The highest BCUT2D eigenvalue weighted by Crippen LogP contribution is 2.33. The number of aryl methyl sites for hydroxylation is 1. The van der Waals surface area contributed by atoms with E-state index < -0.39 is 0 Å². The standard InChI is InChI=1S/C14H17N3O3/c1-9(14-15-10(2)16-20-14)17(3)7-11-4-5-12-13(6-11)19-8-18-12/h4-6,9H,7-8H2,1-3H3/t9-/m1/s1. The molecule has 20 heavy (non-hydrogen) atoms. The molecule has 106 valence electrons. The van der Waals surface area contributed by atoms with Crippen LogP contribution in [0.5, 0.6) is 11.5 Å². The number of nitrogens with zero attached hydrogens (tertiary/aromatic N) is 3. The average Bonchev–Trinajstić information content (AvgIpc) is 3.05. The monoisotopic (exact) mass is 275 g/mol. The van der Waals surface area contributed by atoms with Crippen molar-refractivity contribution in [1.29, 1.82) is 0 Å². The molecule has 6 heteroatoms. The summed E-state index contributed by atoms with van der Waals surface area (Å²) in [5.74, 6) is 2.89. The molecule has 2 heterocycles. The summed E-state index contributed by atoms with van der Waals surface area (Å²) in [6, 6.07) is 6.04. The summed E-state index contributed by atoms with van der Waals surface area (Å²) < 4.78 is 15.9. The number of ether oxygens (including phenoxy) is 2. The summed E-state index contributed by atoms with van der Waals surface area (Å²) in [4.78, 5) is 6.41. The van der Waals surface area contributed by atoms with E-state index in [1.54, 1.807) is 0 Å². The number of rotatable bonds is 4. The van der Waals surface area contributed by atoms with Gasteiger partial charge in [-0.15, -0.1) is 0 Å². The lowest BCUT2D eigenvalue weighted by atomic mass is 10.1. The van der Waals surface area contributed by atoms with Crippen LogP contribution < -0.4 is 9.47 Å². The van der Waals surface area contributed by atoms with Gasteiger partial charge in [-0.25, -0.2) is 0 Å². The maximum absolute atomic E-state index is 5.39. The van der Waals surface area contributed by atoms with Gasteiger partial charge in [0.2, 0.25) is 12.7 Å². The lowest BCUT2D eigenvalue weighted by Crippen LogP contribution is -2.22. The topological polar surface area (TPSA) is 60.6 Å². The van der Waals surface area contributed by atoms with E-state index in [1.807, 2.05) is 39.1 Å². The molecule has 1 aliphatic heterocycles. The van der Waals surface area contributed by atoms with E-state index >= 15 is 0 Å². The Hall–Kier alpha value is -2.08. The van der Waals surface area contributed by atoms with Crippen molar-refractivity contribution < 1.29 is 14.0 Å². The van der Waals surface area contributed by atoms with Crippen molar-refractivity contribution in [3.05, 3.63) is 35.5 Å². The Morgan fingerprint density at radius 3 is 2.85 bits per heavy atom. The molecule has 2 aromatic rings. The number of hydrogen-bond donors (Lipinski definition) is 0. The van der Waals surface area contributed by atoms with Crippen molar-refractivity contribution >= 4 is 0 Å². The minimum Gasteiger partial charge on any atom is -0.454 e. The number of hydrogen-bond acceptors (Lipinski definition) is 6. The summed E-state index contributed by atoms with van der Waals surface area (Å²) in [6.07, 6.45) is 0. The molecule has 0 radical (unpaired) electrons. The van der Waals surface area contributed by atoms with Gasteiger partial charge in [0.15, 0.2) is 17.3 Å². The summed E-state index contributed by atoms with van der Waals surface area (Å²) in [6.45, 7) is 4.92. The summed E-state index contributed by atoms with van der Waals surface area (Å²) in [5, 5.41) is 3.83. The van der Waals surface area contributed by atoms with Crippen LogP contribution >= 0.6 is 0 Å². The third-order valence-corrected chi connectivity index (χ3v) is 3.43. The van der Waals surface area contributed by atoms with Gasteiger partial charge < -0.3 is 14.0 Å². The quantitative estimate of drug-likeness (QED) is 0.853. The molecule has 0 saturated heterocycles. The van der Waals surface area contributed by atoms with E-state index in [1.165, 1.54) is 0 Å². The molecule has 0 unspecified atom stereocenters. The Morgan fingerprint density at radius 2 is 2.10 bits per heavy atom. The summed E-state index contributed by atoms with van der Waals surface area (Å²) in [7, 11) is 2.02. The number of fused-ring (bicyclic) bond motifs is 1. The van der Waals surface area contributed by atoms with Crippen LogP contribution in [0.15, 0.2) is 22.7 Å². The molecule has 0 bridgehead atoms. The van der Waals surface area contributed by atoms with Crippen molar-refractivity contribution in [2.75, 3.05) is 13.8 Å². The second kappa shape index (κ2) is 5.13. The van der Waals surface area contributed by atoms with Crippen LogP contribution in [0.3, 0.4) is 0 Å². The fraction of sp³-hybridized carbons (Fsp3) is 0.429. The lowest BCUT2D eigenvalue weighted by molar-refractivity contribution is 0.173. The maximum atomic E-state index is 5.39. The first-order valence-electron chi connectivity index (χ1n) is 6.52. The molecule has 1 aliphatic rings. The van der Waals surface area contributed by atoms with E-state index in [0.29, 0.717) is 18.5 Å². The third-order valence-electron chi connectivity index (χ3n) is 3.43. The first-order valence-corrected chi connectivity index (χ1v) is 6.52. The molecule has 1 aromatic carbocycles. The van der Waals surface area contributed by atoms with Crippen LogP contribution in [-0.2, 0) is 6.54 Å². The Bertz CT molecular complexity index is 611. The predicted octanol–water partition coefficient (Wildman–Crippen LogP) is 2.30. The van der Waals surface area contributed by atoms with E-state index in [0.717, 1.165) is 23.6 Å². The van der Waals surface area contributed by atoms with E-state index in [9.17, 15) is 0 Å². The molecule has 0 spiro atoms. The average molecular weight is 275 g/mol. The van der Waals surface area contributed by atoms with Crippen LogP contribution in [0, 0.1) is 6.92 Å². The number of aromatic nitrogens is 2. The van der Waals surface area contributed by atoms with Crippen LogP contribution in [0.2, 0.25) is 0 Å². The fourth-order valence-electron chi connectivity index (χ4n) is 2.14. The van der Waals surface area contributed by atoms with E-state index in [4.69, 9.17) is 14.0 Å². The van der Waals surface area contributed by atoms with Crippen molar-refractivity contribution in [1.82, 2.24) is 15.0 Å². The SMILES string of the molecule is Cc1noc([C@@H](C)N(C)Cc2ccc3c(c2)OCO3)n1. The van der Waals surface area contributed by atoms with E-state index in [2.05, 4.69) is 15.0 Å². The van der Waals surface area contributed by atoms with Crippen molar-refractivity contribution in [3.63, 3.8) is 0 Å². The molecular weight excluding hydrogens is 258 g/mol. The molecule has 0 fully saturated rings. The van der Waals surface area contributed by atoms with Gasteiger partial charge in [0.25, 0.3) is 0 Å². The van der Waals surface area contributed by atoms with Crippen LogP contribution in [-0.4, -0.2) is 28.9 Å². The third kappa shape index (κ3) is 2.46. The molecule has 0 aliphatic carbocycles. The first kappa shape index (κ1) is 12.9. The lowest BCUT2D eigenvalue weighted by Gasteiger charge is -2.21. The van der Waals surface area contributed by atoms with Gasteiger partial charge in [0.05, 0.1) is 6.04 Å². The Labute approximate surface area is 117 Å². The molecule has 6 nitrogen and oxygen atoms in total. The van der Waals surface area contributed by atoms with Gasteiger partial charge >= 0.3 is 0 Å². The number of benzene rings is 1. The molecule has 3 rings (SSSR count). The Kier molecular flexibility index (Phi) is 3.31. The molecular formula is C14H17N3O3. The van der Waals surface area contributed by atoms with Crippen molar-refractivity contribution in [2.45, 2.75) is 26.4 Å². The van der Waals surface area contributed by atoms with Gasteiger partial charge in [-0.3, -0.25) is 4.90 Å². The van der Waals surface area contributed by atoms with Gasteiger partial charge in [-0.1, -0.05) is 11.2 Å². The van der Waals surface area contributed by atoms with Crippen LogP contribution in [0.25, 0.3) is 0 Å². The molecule has 0 N–H and O–H groups in total. The Morgan fingerprint density at radius 1 is 1.30 bits per heavy atom. The zero-order valence-corrected chi connectivity index (χ0v) is 11.8. The highest BCUT2D eigenvalue weighted by molar-refractivity contribution is 5.44. The van der Waals surface area contributed by atoms with Gasteiger partial charge in [-0.2, -0.15) is 4.98 Å². The first-order chi connectivity index (χ1) is 9.63. The molecule has 0 amide bonds. The van der Waals surface area contributed by atoms with Gasteiger partial charge in [0, 0.05) is 6.54 Å². The van der Waals surface area contributed by atoms with Crippen LogP contribution in [0.1, 0.15) is 30.2 Å². The smallest absolute Gasteiger partial charge is 0.243 e. The van der Waals surface area contributed by atoms with Crippen LogP contribution in [0.4, 0.5) is 0 Å².